The van der Waals surface area contributed by atoms with Crippen molar-refractivity contribution in [3.8, 4) is 0 Å². The minimum absolute atomic E-state index is 0. The van der Waals surface area contributed by atoms with Crippen molar-refractivity contribution < 1.29 is 40.9 Å². The third-order valence-electron chi connectivity index (χ3n) is 1.15. The van der Waals surface area contributed by atoms with Crippen molar-refractivity contribution in [3.63, 3.8) is 0 Å². The zero-order valence-electron chi connectivity index (χ0n) is 5.94. The Morgan fingerprint density at radius 1 is 1.27 bits per heavy atom. The van der Waals surface area contributed by atoms with Gasteiger partial charge in [0, 0.05) is 5.92 Å². The molecule has 66 valence electrons. The predicted octanol–water partition coefficient (Wildman–Crippen LogP) is -2.10. The standard InChI is InChI=1S/C6H10O4.Pt/c1-2-3-4(5(7)8)6(9)10;/h4H,2-3H2,1H3,(H,7,8)(H,9,10);/q;+2/p-2. The first-order chi connectivity index (χ1) is 4.59. The van der Waals surface area contributed by atoms with E-state index in [1.54, 1.807) is 6.92 Å². The van der Waals surface area contributed by atoms with Gasteiger partial charge in [-0.2, -0.15) is 0 Å². The van der Waals surface area contributed by atoms with Crippen LogP contribution in [0.2, 0.25) is 0 Å². The molecule has 0 rings (SSSR count). The van der Waals surface area contributed by atoms with E-state index in [0.717, 1.165) is 0 Å². The summed E-state index contributed by atoms with van der Waals surface area (Å²) in [5.74, 6) is -4.59. The van der Waals surface area contributed by atoms with Crippen LogP contribution >= 0.6 is 0 Å². The van der Waals surface area contributed by atoms with Crippen molar-refractivity contribution in [2.75, 3.05) is 0 Å². The van der Waals surface area contributed by atoms with Crippen molar-refractivity contribution in [3.05, 3.63) is 0 Å². The average molecular weight is 339 g/mol. The number of carbonyl (C=O) groups is 2. The molecule has 11 heavy (non-hydrogen) atoms. The Morgan fingerprint density at radius 3 is 1.73 bits per heavy atom. The van der Waals surface area contributed by atoms with E-state index in [2.05, 4.69) is 0 Å². The van der Waals surface area contributed by atoms with Crippen LogP contribution in [-0.4, -0.2) is 11.9 Å². The molecule has 0 heterocycles. The summed E-state index contributed by atoms with van der Waals surface area (Å²) in [5, 5.41) is 20.0. The Balaban J connectivity index is 0. The van der Waals surface area contributed by atoms with E-state index < -0.39 is 17.9 Å². The van der Waals surface area contributed by atoms with Crippen LogP contribution in [0, 0.1) is 5.92 Å². The minimum atomic E-state index is -1.57. The summed E-state index contributed by atoms with van der Waals surface area (Å²) in [6.45, 7) is 1.69. The van der Waals surface area contributed by atoms with E-state index in [-0.39, 0.29) is 27.5 Å². The van der Waals surface area contributed by atoms with Crippen LogP contribution in [0.5, 0.6) is 0 Å². The first-order valence-electron chi connectivity index (χ1n) is 3.01. The summed E-state index contributed by atoms with van der Waals surface area (Å²) in [6.07, 6.45) is 0.567. The van der Waals surface area contributed by atoms with Gasteiger partial charge in [0.05, 0.1) is 11.9 Å². The molecular weight excluding hydrogens is 331 g/mol. The Bertz CT molecular complexity index is 132. The molecule has 0 unspecified atom stereocenters. The van der Waals surface area contributed by atoms with Crippen LogP contribution in [0.3, 0.4) is 0 Å². The summed E-state index contributed by atoms with van der Waals surface area (Å²) >= 11 is 0. The molecule has 0 fully saturated rings. The molecule has 0 bridgehead atoms. The zero-order valence-corrected chi connectivity index (χ0v) is 8.21. The number of carboxylic acids is 2. The number of aliphatic carboxylic acids is 2. The van der Waals surface area contributed by atoms with E-state index in [9.17, 15) is 19.8 Å². The molecule has 0 spiro atoms. The number of carbonyl (C=O) groups excluding carboxylic acids is 2. The van der Waals surface area contributed by atoms with Crippen LogP contribution in [0.1, 0.15) is 19.8 Å². The van der Waals surface area contributed by atoms with Gasteiger partial charge in [-0.05, 0) is 6.42 Å². The first-order valence-corrected chi connectivity index (χ1v) is 3.01. The molecule has 0 aliphatic carbocycles. The molecule has 0 aliphatic heterocycles. The van der Waals surface area contributed by atoms with Crippen LogP contribution < -0.4 is 10.2 Å². The fourth-order valence-corrected chi connectivity index (χ4v) is 0.621. The fraction of sp³-hybridized carbons (Fsp3) is 0.667. The minimum Gasteiger partial charge on any atom is -0.549 e. The molecule has 0 aromatic heterocycles. The SMILES string of the molecule is CCCC(C(=O)[O-])C(=O)[O-].[Pt+2]. The molecular formula is C6H8O4Pt. The molecule has 0 saturated heterocycles. The van der Waals surface area contributed by atoms with Gasteiger partial charge in [-0.3, -0.25) is 0 Å². The van der Waals surface area contributed by atoms with Crippen molar-refractivity contribution in [1.29, 1.82) is 0 Å². The fourth-order valence-electron chi connectivity index (χ4n) is 0.621. The molecule has 4 nitrogen and oxygen atoms in total. The Hall–Kier alpha value is -0.372. The average Bonchev–Trinajstić information content (AvgIpc) is 1.81. The monoisotopic (exact) mass is 339 g/mol. The largest absolute Gasteiger partial charge is 2.00 e. The third-order valence-corrected chi connectivity index (χ3v) is 1.15. The maximum absolute atomic E-state index is 10.00. The van der Waals surface area contributed by atoms with Crippen molar-refractivity contribution in [2.24, 2.45) is 5.92 Å². The number of carboxylic acid groups (broad SMARTS) is 2. The molecule has 0 atom stereocenters. The second kappa shape index (κ2) is 6.35. The van der Waals surface area contributed by atoms with E-state index in [1.165, 1.54) is 0 Å². The quantitative estimate of drug-likeness (QED) is 0.550. The Kier molecular flexibility index (Phi) is 7.63. The first kappa shape index (κ1) is 13.2. The van der Waals surface area contributed by atoms with Crippen molar-refractivity contribution in [1.82, 2.24) is 0 Å². The molecule has 5 heteroatoms. The molecule has 0 aromatic rings. The topological polar surface area (TPSA) is 80.3 Å². The number of hydrogen-bond acceptors (Lipinski definition) is 4. The van der Waals surface area contributed by atoms with Gasteiger partial charge in [0.25, 0.3) is 0 Å². The second-order valence-corrected chi connectivity index (χ2v) is 1.98. The number of hydrogen-bond donors (Lipinski definition) is 0. The molecule has 0 aromatic carbocycles. The molecule has 0 radical (unpaired) electrons. The van der Waals surface area contributed by atoms with Gasteiger partial charge in [0.2, 0.25) is 0 Å². The van der Waals surface area contributed by atoms with Gasteiger partial charge in [-0.25, -0.2) is 0 Å². The maximum Gasteiger partial charge on any atom is 2.00 e. The Morgan fingerprint density at radius 2 is 1.64 bits per heavy atom. The van der Waals surface area contributed by atoms with E-state index in [0.29, 0.717) is 6.42 Å². The van der Waals surface area contributed by atoms with E-state index in [1.807, 2.05) is 0 Å². The van der Waals surface area contributed by atoms with Gasteiger partial charge in [-0.1, -0.05) is 13.3 Å². The summed E-state index contributed by atoms with van der Waals surface area (Å²) in [4.78, 5) is 20.0. The van der Waals surface area contributed by atoms with Gasteiger partial charge in [0.1, 0.15) is 0 Å². The smallest absolute Gasteiger partial charge is 0.549 e. The van der Waals surface area contributed by atoms with Crippen molar-refractivity contribution in [2.45, 2.75) is 19.8 Å². The van der Waals surface area contributed by atoms with Crippen LogP contribution in [0.15, 0.2) is 0 Å². The predicted molar refractivity (Wildman–Crippen MR) is 28.4 cm³/mol. The van der Waals surface area contributed by atoms with E-state index in [4.69, 9.17) is 0 Å². The second-order valence-electron chi connectivity index (χ2n) is 1.98. The van der Waals surface area contributed by atoms with Crippen molar-refractivity contribution >= 4 is 11.9 Å². The van der Waals surface area contributed by atoms with Crippen LogP contribution in [-0.2, 0) is 30.7 Å². The van der Waals surface area contributed by atoms with E-state index >= 15 is 0 Å². The molecule has 0 N–H and O–H groups in total. The van der Waals surface area contributed by atoms with Crippen LogP contribution in [0.25, 0.3) is 0 Å². The summed E-state index contributed by atoms with van der Waals surface area (Å²) < 4.78 is 0. The Labute approximate surface area is 78.9 Å². The summed E-state index contributed by atoms with van der Waals surface area (Å²) in [7, 11) is 0. The van der Waals surface area contributed by atoms with Gasteiger partial charge in [-0.15, -0.1) is 0 Å². The van der Waals surface area contributed by atoms with Gasteiger partial charge >= 0.3 is 21.1 Å². The molecule has 0 amide bonds. The summed E-state index contributed by atoms with van der Waals surface area (Å²) in [6, 6.07) is 0. The normalized spacial score (nSPS) is 8.91. The maximum atomic E-state index is 10.00. The third kappa shape index (κ3) is 4.96. The molecule has 0 aliphatic rings. The van der Waals surface area contributed by atoms with Gasteiger partial charge < -0.3 is 19.8 Å². The molecule has 0 saturated carbocycles. The zero-order chi connectivity index (χ0) is 8.15. The van der Waals surface area contributed by atoms with Crippen LogP contribution in [0.4, 0.5) is 0 Å². The summed E-state index contributed by atoms with van der Waals surface area (Å²) in [5.41, 5.74) is 0. The van der Waals surface area contributed by atoms with Gasteiger partial charge in [0.15, 0.2) is 0 Å². The number of rotatable bonds is 4.